The Balaban J connectivity index is 1.04. The van der Waals surface area contributed by atoms with Crippen molar-refractivity contribution in [3.05, 3.63) is 212 Å². The first-order valence-corrected chi connectivity index (χ1v) is 19.3. The second-order valence-corrected chi connectivity index (χ2v) is 14.1. The van der Waals surface area contributed by atoms with Crippen LogP contribution in [0.4, 0.5) is 0 Å². The standard InChI is InChI=1S/C53H35N5/c1-5-16-38(17-6-1)47-35-48(55-50(54-47)41-18-7-2-8-19-41)39-27-29-40(30-28-39)49-45-24-14-13-15-36(45)33-34-46(49)37-25-31-44(32-26-37)53-57-51(42-20-9-3-10-21-42)56-52(58-53)43-22-11-4-12-23-43/h1-35H. The second kappa shape index (κ2) is 15.3. The molecule has 8 aromatic carbocycles. The van der Waals surface area contributed by atoms with E-state index in [-0.39, 0.29) is 0 Å². The lowest BCUT2D eigenvalue weighted by Gasteiger charge is -2.15. The first-order valence-electron chi connectivity index (χ1n) is 19.3. The molecule has 0 unspecified atom stereocenters. The molecule has 10 aromatic rings. The molecule has 0 atom stereocenters. The molecule has 272 valence electrons. The lowest BCUT2D eigenvalue weighted by molar-refractivity contribution is 1.07. The minimum Gasteiger partial charge on any atom is -0.228 e. The summed E-state index contributed by atoms with van der Waals surface area (Å²) in [6.07, 6.45) is 0. The van der Waals surface area contributed by atoms with Crippen molar-refractivity contribution in [1.82, 2.24) is 24.9 Å². The summed E-state index contributed by atoms with van der Waals surface area (Å²) in [5, 5.41) is 2.37. The number of hydrogen-bond acceptors (Lipinski definition) is 5. The van der Waals surface area contributed by atoms with Gasteiger partial charge in [-0.2, -0.15) is 0 Å². The van der Waals surface area contributed by atoms with Crippen molar-refractivity contribution in [3.63, 3.8) is 0 Å². The van der Waals surface area contributed by atoms with Crippen molar-refractivity contribution in [1.29, 1.82) is 0 Å². The first kappa shape index (κ1) is 34.6. The molecular formula is C53H35N5. The third kappa shape index (κ3) is 6.93. The van der Waals surface area contributed by atoms with Crippen molar-refractivity contribution in [2.45, 2.75) is 0 Å². The summed E-state index contributed by atoms with van der Waals surface area (Å²) >= 11 is 0. The first-order chi connectivity index (χ1) is 28.7. The number of fused-ring (bicyclic) bond motifs is 1. The second-order valence-electron chi connectivity index (χ2n) is 14.1. The molecule has 0 N–H and O–H groups in total. The molecule has 10 rings (SSSR count). The minimum atomic E-state index is 0.629. The molecule has 0 aliphatic rings. The lowest BCUT2D eigenvalue weighted by Crippen LogP contribution is -2.00. The van der Waals surface area contributed by atoms with Crippen LogP contribution in [0.1, 0.15) is 0 Å². The normalized spacial score (nSPS) is 11.1. The summed E-state index contributed by atoms with van der Waals surface area (Å²) in [7, 11) is 0. The molecule has 0 spiro atoms. The molecule has 2 heterocycles. The Kier molecular flexibility index (Phi) is 9.14. The van der Waals surface area contributed by atoms with Crippen LogP contribution in [0.3, 0.4) is 0 Å². The summed E-state index contributed by atoms with van der Waals surface area (Å²) in [5.74, 6) is 2.61. The van der Waals surface area contributed by atoms with Crippen LogP contribution in [0.15, 0.2) is 212 Å². The summed E-state index contributed by atoms with van der Waals surface area (Å²) < 4.78 is 0. The van der Waals surface area contributed by atoms with Crippen molar-refractivity contribution >= 4 is 10.8 Å². The Bertz CT molecular complexity index is 2890. The van der Waals surface area contributed by atoms with Crippen molar-refractivity contribution < 1.29 is 0 Å². The van der Waals surface area contributed by atoms with Gasteiger partial charge in [-0.3, -0.25) is 0 Å². The predicted octanol–water partition coefficient (Wildman–Crippen LogP) is 13.2. The van der Waals surface area contributed by atoms with Crippen LogP contribution in [-0.2, 0) is 0 Å². The predicted molar refractivity (Wildman–Crippen MR) is 236 cm³/mol. The van der Waals surface area contributed by atoms with E-state index in [0.717, 1.165) is 61.5 Å². The summed E-state index contributed by atoms with van der Waals surface area (Å²) in [6.45, 7) is 0. The molecule has 0 saturated carbocycles. The zero-order valence-corrected chi connectivity index (χ0v) is 31.4. The summed E-state index contributed by atoms with van der Waals surface area (Å²) in [4.78, 5) is 24.8. The van der Waals surface area contributed by atoms with E-state index in [0.29, 0.717) is 23.3 Å². The van der Waals surface area contributed by atoms with Gasteiger partial charge in [0.05, 0.1) is 11.4 Å². The van der Waals surface area contributed by atoms with Crippen LogP contribution >= 0.6 is 0 Å². The van der Waals surface area contributed by atoms with E-state index in [1.165, 1.54) is 16.3 Å². The highest BCUT2D eigenvalue weighted by Gasteiger charge is 2.16. The molecular weight excluding hydrogens is 707 g/mol. The molecule has 0 fully saturated rings. The third-order valence-corrected chi connectivity index (χ3v) is 10.4. The van der Waals surface area contributed by atoms with E-state index in [2.05, 4.69) is 115 Å². The topological polar surface area (TPSA) is 64.5 Å². The molecule has 0 aliphatic carbocycles. The largest absolute Gasteiger partial charge is 0.228 e. The van der Waals surface area contributed by atoms with E-state index >= 15 is 0 Å². The maximum atomic E-state index is 5.07. The number of hydrogen-bond donors (Lipinski definition) is 0. The van der Waals surface area contributed by atoms with Gasteiger partial charge in [-0.25, -0.2) is 24.9 Å². The van der Waals surface area contributed by atoms with Gasteiger partial charge in [0.2, 0.25) is 0 Å². The molecule has 5 nitrogen and oxygen atoms in total. The van der Waals surface area contributed by atoms with Gasteiger partial charge >= 0.3 is 0 Å². The molecule has 58 heavy (non-hydrogen) atoms. The van der Waals surface area contributed by atoms with Gasteiger partial charge in [0.25, 0.3) is 0 Å². The Labute approximate surface area is 337 Å². The van der Waals surface area contributed by atoms with E-state index in [1.807, 2.05) is 97.1 Å². The average Bonchev–Trinajstić information content (AvgIpc) is 3.32. The fourth-order valence-corrected chi connectivity index (χ4v) is 7.44. The van der Waals surface area contributed by atoms with Gasteiger partial charge in [0.1, 0.15) is 0 Å². The van der Waals surface area contributed by atoms with Crippen molar-refractivity contribution in [3.8, 4) is 90.3 Å². The Hall–Kier alpha value is -7.89. The number of rotatable bonds is 8. The molecule has 0 radical (unpaired) electrons. The van der Waals surface area contributed by atoms with Gasteiger partial charge in [0.15, 0.2) is 23.3 Å². The minimum absolute atomic E-state index is 0.629. The van der Waals surface area contributed by atoms with Crippen LogP contribution < -0.4 is 0 Å². The quantitative estimate of drug-likeness (QED) is 0.155. The smallest absolute Gasteiger partial charge is 0.164 e. The maximum absolute atomic E-state index is 5.07. The monoisotopic (exact) mass is 741 g/mol. The van der Waals surface area contributed by atoms with E-state index in [9.17, 15) is 0 Å². The van der Waals surface area contributed by atoms with Crippen molar-refractivity contribution in [2.75, 3.05) is 0 Å². The fourth-order valence-electron chi connectivity index (χ4n) is 7.44. The van der Waals surface area contributed by atoms with Crippen LogP contribution in [0, 0.1) is 0 Å². The Morgan fingerprint density at radius 2 is 0.603 bits per heavy atom. The lowest BCUT2D eigenvalue weighted by atomic mass is 9.89. The van der Waals surface area contributed by atoms with Crippen molar-refractivity contribution in [2.24, 2.45) is 0 Å². The molecule has 0 saturated heterocycles. The zero-order valence-electron chi connectivity index (χ0n) is 31.4. The third-order valence-electron chi connectivity index (χ3n) is 10.4. The van der Waals surface area contributed by atoms with Gasteiger partial charge in [-0.05, 0) is 39.1 Å². The highest BCUT2D eigenvalue weighted by molar-refractivity contribution is 6.04. The van der Waals surface area contributed by atoms with Crippen LogP contribution in [0.25, 0.3) is 101 Å². The van der Waals surface area contributed by atoms with Crippen LogP contribution in [0.2, 0.25) is 0 Å². The average molecular weight is 742 g/mol. The van der Waals surface area contributed by atoms with E-state index < -0.39 is 0 Å². The fraction of sp³-hybridized carbons (Fsp3) is 0. The highest BCUT2D eigenvalue weighted by atomic mass is 15.0. The number of benzene rings is 8. The molecule has 5 heteroatoms. The van der Waals surface area contributed by atoms with Gasteiger partial charge in [-0.1, -0.05) is 206 Å². The van der Waals surface area contributed by atoms with Gasteiger partial charge in [0, 0.05) is 33.4 Å². The SMILES string of the molecule is c1ccc(-c2cc(-c3ccc(-c4c(-c5ccc(-c6nc(-c7ccccc7)nc(-c7ccccc7)n6)cc5)ccc5ccccc45)cc3)nc(-c3ccccc3)n2)cc1. The molecule has 2 aromatic heterocycles. The number of aromatic nitrogens is 5. The zero-order chi connectivity index (χ0) is 38.7. The van der Waals surface area contributed by atoms with Gasteiger partial charge in [-0.15, -0.1) is 0 Å². The van der Waals surface area contributed by atoms with Crippen LogP contribution in [-0.4, -0.2) is 24.9 Å². The molecule has 0 aliphatic heterocycles. The molecule has 0 amide bonds. The number of nitrogens with zero attached hydrogens (tertiary/aromatic N) is 5. The molecule has 0 bridgehead atoms. The summed E-state index contributed by atoms with van der Waals surface area (Å²) in [5.41, 5.74) is 12.2. The van der Waals surface area contributed by atoms with E-state index in [1.54, 1.807) is 0 Å². The van der Waals surface area contributed by atoms with Crippen LogP contribution in [0.5, 0.6) is 0 Å². The maximum Gasteiger partial charge on any atom is 0.164 e. The van der Waals surface area contributed by atoms with E-state index in [4.69, 9.17) is 24.9 Å². The Morgan fingerprint density at radius 1 is 0.241 bits per heavy atom. The Morgan fingerprint density at radius 3 is 1.12 bits per heavy atom. The summed E-state index contributed by atoms with van der Waals surface area (Å²) in [6, 6.07) is 73.0. The highest BCUT2D eigenvalue weighted by Crippen LogP contribution is 2.40. The van der Waals surface area contributed by atoms with Gasteiger partial charge < -0.3 is 0 Å².